The fraction of sp³-hybridized carbons (Fsp3) is 0.353. The average Bonchev–Trinajstić information content (AvgIpc) is 2.52. The Hall–Kier alpha value is -2.43. The number of aromatic nitrogens is 2. The molecule has 0 aliphatic carbocycles. The number of hydrogen-bond donors (Lipinski definition) is 0. The van der Waals surface area contributed by atoms with Crippen LogP contribution >= 0.6 is 0 Å². The molecule has 1 atom stereocenters. The van der Waals surface area contributed by atoms with E-state index in [1.54, 1.807) is 6.07 Å². The minimum Gasteiger partial charge on any atom is -0.467 e. The smallest absolute Gasteiger partial charge is 0.330 e. The van der Waals surface area contributed by atoms with Crippen LogP contribution in [0.15, 0.2) is 35.1 Å². The average molecular weight is 300 g/mol. The lowest BCUT2D eigenvalue weighted by molar-refractivity contribution is -0.145. The number of benzene rings is 1. The van der Waals surface area contributed by atoms with Crippen molar-refractivity contribution in [3.63, 3.8) is 0 Å². The van der Waals surface area contributed by atoms with Crippen LogP contribution in [0, 0.1) is 13.8 Å². The SMILES string of the molecule is CC[C@@H](C(=O)OC)n1nc(-c2cc(C)ccc2C)ccc1=O. The largest absolute Gasteiger partial charge is 0.467 e. The third-order valence-corrected chi connectivity index (χ3v) is 3.65. The van der Waals surface area contributed by atoms with Crippen molar-refractivity contribution in [2.24, 2.45) is 0 Å². The number of carbonyl (C=O) groups excluding carboxylic acids is 1. The summed E-state index contributed by atoms with van der Waals surface area (Å²) in [6.45, 7) is 5.81. The highest BCUT2D eigenvalue weighted by Gasteiger charge is 2.22. The van der Waals surface area contributed by atoms with Crippen LogP contribution in [0.2, 0.25) is 0 Å². The van der Waals surface area contributed by atoms with E-state index in [0.717, 1.165) is 16.7 Å². The third-order valence-electron chi connectivity index (χ3n) is 3.65. The highest BCUT2D eigenvalue weighted by Crippen LogP contribution is 2.22. The Morgan fingerprint density at radius 1 is 1.27 bits per heavy atom. The van der Waals surface area contributed by atoms with Crippen LogP contribution in [-0.4, -0.2) is 22.9 Å². The molecule has 0 saturated carbocycles. The minimum atomic E-state index is -0.706. The molecule has 0 saturated heterocycles. The Balaban J connectivity index is 2.57. The maximum atomic E-state index is 12.1. The van der Waals surface area contributed by atoms with Gasteiger partial charge in [-0.1, -0.05) is 24.6 Å². The van der Waals surface area contributed by atoms with Gasteiger partial charge in [0.25, 0.3) is 5.56 Å². The highest BCUT2D eigenvalue weighted by atomic mass is 16.5. The van der Waals surface area contributed by atoms with Gasteiger partial charge in [0.15, 0.2) is 6.04 Å². The first-order valence-corrected chi connectivity index (χ1v) is 7.23. The summed E-state index contributed by atoms with van der Waals surface area (Å²) in [5.41, 5.74) is 3.48. The molecule has 0 fully saturated rings. The number of rotatable bonds is 4. The summed E-state index contributed by atoms with van der Waals surface area (Å²) in [5, 5.41) is 4.39. The van der Waals surface area contributed by atoms with Gasteiger partial charge in [0.2, 0.25) is 0 Å². The summed E-state index contributed by atoms with van der Waals surface area (Å²) in [4.78, 5) is 23.9. The predicted molar refractivity (Wildman–Crippen MR) is 84.8 cm³/mol. The fourth-order valence-corrected chi connectivity index (χ4v) is 2.38. The number of hydrogen-bond acceptors (Lipinski definition) is 4. The van der Waals surface area contributed by atoms with Crippen LogP contribution in [0.25, 0.3) is 11.3 Å². The fourth-order valence-electron chi connectivity index (χ4n) is 2.38. The van der Waals surface area contributed by atoms with Gasteiger partial charge in [-0.2, -0.15) is 5.10 Å². The molecule has 22 heavy (non-hydrogen) atoms. The van der Waals surface area contributed by atoms with Gasteiger partial charge >= 0.3 is 5.97 Å². The molecule has 0 spiro atoms. The van der Waals surface area contributed by atoms with Gasteiger partial charge in [-0.15, -0.1) is 0 Å². The van der Waals surface area contributed by atoms with Gasteiger partial charge in [0.1, 0.15) is 0 Å². The third kappa shape index (κ3) is 3.08. The molecular weight excluding hydrogens is 280 g/mol. The van der Waals surface area contributed by atoms with Crippen molar-refractivity contribution in [3.8, 4) is 11.3 Å². The topological polar surface area (TPSA) is 61.2 Å². The Morgan fingerprint density at radius 2 is 2.00 bits per heavy atom. The van der Waals surface area contributed by atoms with Gasteiger partial charge in [0.05, 0.1) is 12.8 Å². The van der Waals surface area contributed by atoms with Crippen molar-refractivity contribution in [3.05, 3.63) is 51.8 Å². The van der Waals surface area contributed by atoms with Gasteiger partial charge < -0.3 is 4.74 Å². The van der Waals surface area contributed by atoms with Gasteiger partial charge in [-0.3, -0.25) is 4.79 Å². The summed E-state index contributed by atoms with van der Waals surface area (Å²) >= 11 is 0. The quantitative estimate of drug-likeness (QED) is 0.814. The molecule has 0 bridgehead atoms. The maximum Gasteiger partial charge on any atom is 0.330 e. The first-order valence-electron chi connectivity index (χ1n) is 7.23. The van der Waals surface area contributed by atoms with Crippen LogP contribution in [-0.2, 0) is 9.53 Å². The standard InChI is InChI=1S/C17H20N2O3/c1-5-15(17(21)22-4)19-16(20)9-8-14(18-19)13-10-11(2)6-7-12(13)3/h6-10,15H,5H2,1-4H3/t15-/m0/s1. The van der Waals surface area contributed by atoms with Gasteiger partial charge in [-0.25, -0.2) is 9.48 Å². The van der Waals surface area contributed by atoms with E-state index in [4.69, 9.17) is 4.74 Å². The molecular formula is C17H20N2O3. The van der Waals surface area contributed by atoms with Crippen LogP contribution in [0.1, 0.15) is 30.5 Å². The zero-order valence-corrected chi connectivity index (χ0v) is 13.3. The van der Waals surface area contributed by atoms with E-state index in [0.29, 0.717) is 12.1 Å². The molecule has 2 aromatic rings. The van der Waals surface area contributed by atoms with Crippen molar-refractivity contribution in [1.29, 1.82) is 0 Å². The lowest BCUT2D eigenvalue weighted by Gasteiger charge is -2.16. The van der Waals surface area contributed by atoms with E-state index < -0.39 is 12.0 Å². The van der Waals surface area contributed by atoms with Crippen LogP contribution in [0.5, 0.6) is 0 Å². The lowest BCUT2D eigenvalue weighted by atomic mass is 10.0. The minimum absolute atomic E-state index is 0.314. The molecule has 0 aliphatic heterocycles. The van der Waals surface area contributed by atoms with Crippen LogP contribution in [0.4, 0.5) is 0 Å². The van der Waals surface area contributed by atoms with E-state index in [1.165, 1.54) is 17.9 Å². The summed E-state index contributed by atoms with van der Waals surface area (Å²) < 4.78 is 5.97. The highest BCUT2D eigenvalue weighted by molar-refractivity contribution is 5.74. The summed E-state index contributed by atoms with van der Waals surface area (Å²) in [5.74, 6) is -0.463. The van der Waals surface area contributed by atoms with E-state index >= 15 is 0 Å². The Labute approximate surface area is 129 Å². The van der Waals surface area contributed by atoms with Crippen molar-refractivity contribution >= 4 is 5.97 Å². The normalized spacial score (nSPS) is 12.0. The second-order valence-electron chi connectivity index (χ2n) is 5.27. The molecule has 0 amide bonds. The van der Waals surface area contributed by atoms with Crippen LogP contribution < -0.4 is 5.56 Å². The molecule has 1 aromatic heterocycles. The Kier molecular flexibility index (Phi) is 4.75. The second-order valence-corrected chi connectivity index (χ2v) is 5.27. The van der Waals surface area contributed by atoms with Crippen molar-refractivity contribution in [2.75, 3.05) is 7.11 Å². The van der Waals surface area contributed by atoms with Crippen LogP contribution in [0.3, 0.4) is 0 Å². The van der Waals surface area contributed by atoms with E-state index in [2.05, 4.69) is 5.10 Å². The second kappa shape index (κ2) is 6.56. The number of methoxy groups -OCH3 is 1. The zero-order valence-electron chi connectivity index (χ0n) is 13.3. The van der Waals surface area contributed by atoms with Crippen molar-refractivity contribution < 1.29 is 9.53 Å². The molecule has 5 heteroatoms. The molecule has 0 radical (unpaired) electrons. The molecule has 116 valence electrons. The summed E-state index contributed by atoms with van der Waals surface area (Å²) in [6, 6.07) is 8.48. The van der Waals surface area contributed by atoms with Gasteiger partial charge in [0, 0.05) is 11.6 Å². The molecule has 2 rings (SSSR count). The zero-order chi connectivity index (χ0) is 16.3. The van der Waals surface area contributed by atoms with E-state index in [1.807, 2.05) is 39.0 Å². The number of ether oxygens (including phenoxy) is 1. The summed E-state index contributed by atoms with van der Waals surface area (Å²) in [7, 11) is 1.31. The number of nitrogens with zero attached hydrogens (tertiary/aromatic N) is 2. The molecule has 0 aliphatic rings. The van der Waals surface area contributed by atoms with Crippen molar-refractivity contribution in [1.82, 2.24) is 9.78 Å². The Bertz CT molecular complexity index is 750. The molecule has 0 unspecified atom stereocenters. The molecule has 1 heterocycles. The lowest BCUT2D eigenvalue weighted by Crippen LogP contribution is -2.32. The Morgan fingerprint density at radius 3 is 2.64 bits per heavy atom. The maximum absolute atomic E-state index is 12.1. The summed E-state index contributed by atoms with van der Waals surface area (Å²) in [6.07, 6.45) is 0.440. The first kappa shape index (κ1) is 15.9. The first-order chi connectivity index (χ1) is 10.5. The number of aryl methyl sites for hydroxylation is 2. The van der Waals surface area contributed by atoms with E-state index in [-0.39, 0.29) is 5.56 Å². The molecule has 1 aromatic carbocycles. The van der Waals surface area contributed by atoms with E-state index in [9.17, 15) is 9.59 Å². The van der Waals surface area contributed by atoms with Gasteiger partial charge in [-0.05, 0) is 38.0 Å². The van der Waals surface area contributed by atoms with Crippen molar-refractivity contribution in [2.45, 2.75) is 33.2 Å². The molecule has 5 nitrogen and oxygen atoms in total. The number of esters is 1. The monoisotopic (exact) mass is 300 g/mol. The number of carbonyl (C=O) groups is 1. The predicted octanol–water partition coefficient (Wildman–Crippen LogP) is 2.65. The molecule has 0 N–H and O–H groups in total.